The van der Waals surface area contributed by atoms with Crippen molar-refractivity contribution in [3.8, 4) is 0 Å². The van der Waals surface area contributed by atoms with Gasteiger partial charge in [-0.25, -0.2) is 13.5 Å². The molecular formula is C21H22FN2O4P. The average Bonchev–Trinajstić information content (AvgIpc) is 2.62. The number of fused-ring (bicyclic) bond motifs is 1. The molecule has 0 spiro atoms. The standard InChI is InChI=1S/C21H22FN2O4P/c1-20(2)12-18(25)24(21(3,4)29(27)28)17-10-5-13(11-16(17)20)19(26)23-15-8-6-14(22)7-9-15/h5-11H,12H2,1-4H3,(H,23,26). The first-order valence-corrected chi connectivity index (χ1v) is 10.3. The van der Waals surface area contributed by atoms with Crippen molar-refractivity contribution in [3.63, 3.8) is 0 Å². The van der Waals surface area contributed by atoms with Gasteiger partial charge in [0.15, 0.2) is 5.28 Å². The van der Waals surface area contributed by atoms with Crippen LogP contribution >= 0.6 is 7.68 Å². The van der Waals surface area contributed by atoms with Crippen LogP contribution in [0.1, 0.15) is 50.0 Å². The van der Waals surface area contributed by atoms with Gasteiger partial charge in [-0.05, 0) is 61.9 Å². The van der Waals surface area contributed by atoms with Gasteiger partial charge in [0.2, 0.25) is 5.91 Å². The predicted molar refractivity (Wildman–Crippen MR) is 108 cm³/mol. The Labute approximate surface area is 168 Å². The number of benzene rings is 2. The average molecular weight is 416 g/mol. The van der Waals surface area contributed by atoms with E-state index in [1.807, 2.05) is 13.8 Å². The number of anilines is 2. The first kappa shape index (κ1) is 20.9. The van der Waals surface area contributed by atoms with Gasteiger partial charge in [0.1, 0.15) is 5.82 Å². The molecule has 0 radical (unpaired) electrons. The molecule has 29 heavy (non-hydrogen) atoms. The van der Waals surface area contributed by atoms with E-state index >= 15 is 0 Å². The zero-order chi connectivity index (χ0) is 21.6. The third kappa shape index (κ3) is 3.87. The van der Waals surface area contributed by atoms with Crippen LogP contribution < -0.4 is 10.2 Å². The summed E-state index contributed by atoms with van der Waals surface area (Å²) in [5, 5.41) is 1.31. The largest absolute Gasteiger partial charge is 0.341 e. The fourth-order valence-electron chi connectivity index (χ4n) is 3.52. The second kappa shape index (κ2) is 7.23. The summed E-state index contributed by atoms with van der Waals surface area (Å²) in [6.07, 6.45) is 0.121. The van der Waals surface area contributed by atoms with Crippen LogP contribution in [0.3, 0.4) is 0 Å². The molecule has 1 aliphatic heterocycles. The van der Waals surface area contributed by atoms with E-state index < -0.39 is 24.2 Å². The van der Waals surface area contributed by atoms with Crippen LogP contribution in [0, 0.1) is 5.82 Å². The summed E-state index contributed by atoms with van der Waals surface area (Å²) in [5.41, 5.74) is 1.44. The summed E-state index contributed by atoms with van der Waals surface area (Å²) in [4.78, 5) is 26.7. The maximum atomic E-state index is 13.1. The lowest BCUT2D eigenvalue weighted by molar-refractivity contribution is -0.120. The minimum Gasteiger partial charge on any atom is -0.322 e. The topological polar surface area (TPSA) is 83.6 Å². The van der Waals surface area contributed by atoms with E-state index in [1.54, 1.807) is 18.2 Å². The maximum Gasteiger partial charge on any atom is 0.341 e. The Kier molecular flexibility index (Phi) is 5.22. The molecule has 1 heterocycles. The summed E-state index contributed by atoms with van der Waals surface area (Å²) >= 11 is 0. The molecule has 0 bridgehead atoms. The van der Waals surface area contributed by atoms with Gasteiger partial charge in [-0.2, -0.15) is 0 Å². The highest BCUT2D eigenvalue weighted by Crippen LogP contribution is 2.46. The Morgan fingerprint density at radius 1 is 1.14 bits per heavy atom. The molecule has 8 heteroatoms. The molecule has 2 aromatic rings. The molecule has 152 valence electrons. The quantitative estimate of drug-likeness (QED) is 0.711. The molecule has 0 saturated carbocycles. The third-order valence-electron chi connectivity index (χ3n) is 5.17. The second-order valence-electron chi connectivity index (χ2n) is 8.23. The molecule has 2 amide bonds. The van der Waals surface area contributed by atoms with E-state index in [9.17, 15) is 23.1 Å². The number of nitrogens with zero attached hydrogens (tertiary/aromatic N) is 1. The Balaban J connectivity index is 2.02. The molecule has 0 fully saturated rings. The molecule has 6 nitrogen and oxygen atoms in total. The van der Waals surface area contributed by atoms with Crippen molar-refractivity contribution in [2.75, 3.05) is 10.2 Å². The van der Waals surface area contributed by atoms with Crippen molar-refractivity contribution in [1.82, 2.24) is 0 Å². The smallest absolute Gasteiger partial charge is 0.322 e. The van der Waals surface area contributed by atoms with Crippen molar-refractivity contribution < 1.29 is 23.1 Å². The molecule has 0 unspecified atom stereocenters. The summed E-state index contributed by atoms with van der Waals surface area (Å²) in [6.45, 7) is 6.72. The molecule has 0 aromatic heterocycles. The van der Waals surface area contributed by atoms with Crippen molar-refractivity contribution in [3.05, 3.63) is 59.4 Å². The Hall–Kier alpha value is -2.79. The number of nitrogens with one attached hydrogen (secondary N) is 1. The highest BCUT2D eigenvalue weighted by atomic mass is 31.1. The third-order valence-corrected chi connectivity index (χ3v) is 6.26. The number of hydrogen-bond acceptors (Lipinski definition) is 4. The van der Waals surface area contributed by atoms with Gasteiger partial charge >= 0.3 is 7.68 Å². The van der Waals surface area contributed by atoms with E-state index in [0.717, 1.165) is 0 Å². The van der Waals surface area contributed by atoms with E-state index in [4.69, 9.17) is 0 Å². The van der Waals surface area contributed by atoms with Crippen LogP contribution in [0.2, 0.25) is 0 Å². The van der Waals surface area contributed by atoms with Gasteiger partial charge in [-0.15, -0.1) is 0 Å². The molecule has 1 N–H and O–H groups in total. The second-order valence-corrected chi connectivity index (χ2v) is 9.84. The zero-order valence-electron chi connectivity index (χ0n) is 16.7. The summed E-state index contributed by atoms with van der Waals surface area (Å²) in [5.74, 6) is -1.06. The van der Waals surface area contributed by atoms with Crippen LogP contribution in [0.15, 0.2) is 42.5 Å². The van der Waals surface area contributed by atoms with Crippen molar-refractivity contribution in [2.45, 2.75) is 44.8 Å². The Bertz CT molecular complexity index is 1050. The lowest BCUT2D eigenvalue weighted by Crippen LogP contribution is -2.50. The van der Waals surface area contributed by atoms with Gasteiger partial charge in [0.25, 0.3) is 5.91 Å². The van der Waals surface area contributed by atoms with Crippen molar-refractivity contribution in [2.24, 2.45) is 0 Å². The van der Waals surface area contributed by atoms with Gasteiger partial charge < -0.3 is 5.32 Å². The molecular weight excluding hydrogens is 394 g/mol. The molecule has 0 saturated heterocycles. The van der Waals surface area contributed by atoms with Crippen molar-refractivity contribution in [1.29, 1.82) is 0 Å². The Morgan fingerprint density at radius 3 is 2.34 bits per heavy atom. The number of amides is 2. The minimum atomic E-state index is -2.91. The van der Waals surface area contributed by atoms with Crippen LogP contribution in [0.25, 0.3) is 0 Å². The van der Waals surface area contributed by atoms with Crippen LogP contribution in [-0.2, 0) is 19.3 Å². The number of hydrogen-bond donors (Lipinski definition) is 1. The maximum absolute atomic E-state index is 13.1. The first-order chi connectivity index (χ1) is 13.4. The fourth-order valence-corrected chi connectivity index (χ4v) is 3.90. The van der Waals surface area contributed by atoms with E-state index in [1.165, 1.54) is 43.0 Å². The highest BCUT2D eigenvalue weighted by Gasteiger charge is 2.45. The summed E-state index contributed by atoms with van der Waals surface area (Å²) in [6, 6.07) is 10.3. The minimum absolute atomic E-state index is 0.121. The number of halogens is 1. The molecule has 3 rings (SSSR count). The number of carbonyl (C=O) groups excluding carboxylic acids is 2. The van der Waals surface area contributed by atoms with Gasteiger partial charge in [-0.3, -0.25) is 14.5 Å². The summed E-state index contributed by atoms with van der Waals surface area (Å²) in [7, 11) is -2.91. The monoisotopic (exact) mass is 416 g/mol. The number of rotatable bonds is 4. The predicted octanol–water partition coefficient (Wildman–Crippen LogP) is 5.00. The van der Waals surface area contributed by atoms with Gasteiger partial charge in [0, 0.05) is 28.8 Å². The lowest BCUT2D eigenvalue weighted by Gasteiger charge is -2.43. The SMILES string of the molecule is CC1(C)CC(=O)N(C(C)(C)P(=O)=O)c2ccc(C(=O)Nc3ccc(F)cc3)cc21. The lowest BCUT2D eigenvalue weighted by atomic mass is 9.76. The molecule has 2 aromatic carbocycles. The molecule has 0 atom stereocenters. The van der Waals surface area contributed by atoms with Crippen LogP contribution in [-0.4, -0.2) is 17.1 Å². The molecule has 0 aliphatic carbocycles. The van der Waals surface area contributed by atoms with Gasteiger partial charge in [-0.1, -0.05) is 13.8 Å². The summed E-state index contributed by atoms with van der Waals surface area (Å²) < 4.78 is 36.6. The van der Waals surface area contributed by atoms with E-state index in [2.05, 4.69) is 5.32 Å². The van der Waals surface area contributed by atoms with Crippen molar-refractivity contribution >= 4 is 30.9 Å². The zero-order valence-corrected chi connectivity index (χ0v) is 17.5. The normalized spacial score (nSPS) is 15.6. The van der Waals surface area contributed by atoms with E-state index in [0.29, 0.717) is 22.5 Å². The fraction of sp³-hybridized carbons (Fsp3) is 0.333. The Morgan fingerprint density at radius 2 is 1.76 bits per heavy atom. The van der Waals surface area contributed by atoms with E-state index in [-0.39, 0.29) is 18.2 Å². The van der Waals surface area contributed by atoms with Gasteiger partial charge in [0.05, 0.1) is 0 Å². The highest BCUT2D eigenvalue weighted by molar-refractivity contribution is 7.33. The number of carbonyl (C=O) groups is 2. The molecule has 1 aliphatic rings. The van der Waals surface area contributed by atoms with Crippen LogP contribution in [0.4, 0.5) is 15.8 Å². The first-order valence-electron chi connectivity index (χ1n) is 9.12. The van der Waals surface area contributed by atoms with Crippen LogP contribution in [0.5, 0.6) is 0 Å².